The smallest absolute Gasteiger partial charge is 0.150 e. The molecule has 1 aromatic heterocycles. The van der Waals surface area contributed by atoms with Crippen LogP contribution in [0, 0.1) is 0 Å². The molecule has 0 aliphatic carbocycles. The highest BCUT2D eigenvalue weighted by Gasteiger charge is 2.06. The van der Waals surface area contributed by atoms with Gasteiger partial charge in [0.25, 0.3) is 0 Å². The maximum atomic E-state index is 10.8. The SMILES string of the molecule is CS(=O)CCCNc1nc(Cl)c(Cl)cc1Cl. The third kappa shape index (κ3) is 4.45. The molecule has 1 unspecified atom stereocenters. The molecule has 90 valence electrons. The van der Waals surface area contributed by atoms with Crippen LogP contribution in [0.15, 0.2) is 6.07 Å². The van der Waals surface area contributed by atoms with Gasteiger partial charge in [0.05, 0.1) is 10.0 Å². The second kappa shape index (κ2) is 6.64. The van der Waals surface area contributed by atoms with Gasteiger partial charge in [0.15, 0.2) is 0 Å². The van der Waals surface area contributed by atoms with Gasteiger partial charge in [-0.1, -0.05) is 34.8 Å². The Morgan fingerprint density at radius 2 is 2.06 bits per heavy atom. The lowest BCUT2D eigenvalue weighted by atomic mass is 10.4. The summed E-state index contributed by atoms with van der Waals surface area (Å²) in [5, 5.41) is 3.98. The molecule has 0 saturated heterocycles. The van der Waals surface area contributed by atoms with Crippen LogP contribution in [0.2, 0.25) is 15.2 Å². The lowest BCUT2D eigenvalue weighted by molar-refractivity contribution is 0.685. The van der Waals surface area contributed by atoms with E-state index in [1.54, 1.807) is 12.3 Å². The predicted octanol–water partition coefficient (Wildman–Crippen LogP) is 3.22. The number of hydrogen-bond donors (Lipinski definition) is 1. The minimum Gasteiger partial charge on any atom is -0.369 e. The summed E-state index contributed by atoms with van der Waals surface area (Å²) in [5.74, 6) is 1.14. The summed E-state index contributed by atoms with van der Waals surface area (Å²) in [6, 6.07) is 1.54. The first-order valence-corrected chi connectivity index (χ1v) is 7.42. The molecule has 16 heavy (non-hydrogen) atoms. The van der Waals surface area contributed by atoms with Crippen molar-refractivity contribution in [2.75, 3.05) is 23.9 Å². The van der Waals surface area contributed by atoms with E-state index in [-0.39, 0.29) is 5.15 Å². The Morgan fingerprint density at radius 1 is 1.38 bits per heavy atom. The number of pyridine rings is 1. The molecule has 1 rings (SSSR count). The van der Waals surface area contributed by atoms with Crippen molar-refractivity contribution in [1.29, 1.82) is 0 Å². The van der Waals surface area contributed by atoms with Crippen molar-refractivity contribution in [3.05, 3.63) is 21.3 Å². The highest BCUT2D eigenvalue weighted by atomic mass is 35.5. The van der Waals surface area contributed by atoms with E-state index in [2.05, 4.69) is 10.3 Å². The average molecular weight is 302 g/mol. The number of hydrogen-bond acceptors (Lipinski definition) is 3. The first kappa shape index (κ1) is 14.0. The fourth-order valence-electron chi connectivity index (χ4n) is 1.05. The summed E-state index contributed by atoms with van der Waals surface area (Å²) in [7, 11) is -0.777. The number of anilines is 1. The van der Waals surface area contributed by atoms with E-state index in [4.69, 9.17) is 34.8 Å². The quantitative estimate of drug-likeness (QED) is 0.671. The Bertz CT molecular complexity index is 401. The Balaban J connectivity index is 2.54. The van der Waals surface area contributed by atoms with Gasteiger partial charge in [-0.25, -0.2) is 4.98 Å². The number of rotatable bonds is 5. The monoisotopic (exact) mass is 300 g/mol. The van der Waals surface area contributed by atoms with Crippen LogP contribution in [0.1, 0.15) is 6.42 Å². The molecule has 3 nitrogen and oxygen atoms in total. The molecule has 0 radical (unpaired) electrons. The zero-order valence-electron chi connectivity index (χ0n) is 8.60. The van der Waals surface area contributed by atoms with Gasteiger partial charge >= 0.3 is 0 Å². The van der Waals surface area contributed by atoms with Crippen LogP contribution in [0.4, 0.5) is 5.82 Å². The van der Waals surface area contributed by atoms with E-state index in [9.17, 15) is 4.21 Å². The Hall–Kier alpha value is -0.0300. The van der Waals surface area contributed by atoms with E-state index < -0.39 is 10.8 Å². The molecule has 0 saturated carbocycles. The summed E-state index contributed by atoms with van der Waals surface area (Å²) in [4.78, 5) is 4.00. The average Bonchev–Trinajstić information content (AvgIpc) is 2.19. The molecule has 1 N–H and O–H groups in total. The van der Waals surface area contributed by atoms with Crippen molar-refractivity contribution in [3.8, 4) is 0 Å². The second-order valence-corrected chi connectivity index (χ2v) is 5.88. The molecule has 0 bridgehead atoms. The van der Waals surface area contributed by atoms with Crippen molar-refractivity contribution in [2.24, 2.45) is 0 Å². The van der Waals surface area contributed by atoms with Crippen molar-refractivity contribution in [3.63, 3.8) is 0 Å². The zero-order chi connectivity index (χ0) is 12.1. The summed E-state index contributed by atoms with van der Waals surface area (Å²) in [5.41, 5.74) is 0. The highest BCUT2D eigenvalue weighted by Crippen LogP contribution is 2.28. The molecular formula is C9H11Cl3N2OS. The van der Waals surface area contributed by atoms with Gasteiger partial charge in [0.2, 0.25) is 0 Å². The minimum atomic E-state index is -0.777. The van der Waals surface area contributed by atoms with Crippen LogP contribution in [0.25, 0.3) is 0 Å². The Labute approximate surface area is 112 Å². The lowest BCUT2D eigenvalue weighted by Crippen LogP contribution is -2.07. The van der Waals surface area contributed by atoms with E-state index in [1.165, 1.54) is 0 Å². The van der Waals surface area contributed by atoms with Crippen LogP contribution in [0.5, 0.6) is 0 Å². The molecule has 0 fully saturated rings. The fraction of sp³-hybridized carbons (Fsp3) is 0.444. The maximum Gasteiger partial charge on any atom is 0.150 e. The van der Waals surface area contributed by atoms with E-state index in [0.717, 1.165) is 6.42 Å². The van der Waals surface area contributed by atoms with Crippen molar-refractivity contribution >= 4 is 51.4 Å². The molecule has 0 amide bonds. The summed E-state index contributed by atoms with van der Waals surface area (Å²) >= 11 is 17.4. The first-order valence-electron chi connectivity index (χ1n) is 4.56. The van der Waals surface area contributed by atoms with Crippen molar-refractivity contribution < 1.29 is 4.21 Å². The molecule has 0 aliphatic rings. The standard InChI is InChI=1S/C9H11Cl3N2OS/c1-16(15)4-2-3-13-9-7(11)5-6(10)8(12)14-9/h5H,2-4H2,1H3,(H,13,14). The van der Waals surface area contributed by atoms with Gasteiger partial charge < -0.3 is 5.32 Å². The number of halogens is 3. The number of aromatic nitrogens is 1. The fourth-order valence-corrected chi connectivity index (χ4v) is 2.17. The molecule has 0 spiro atoms. The second-order valence-electron chi connectivity index (χ2n) is 3.15. The van der Waals surface area contributed by atoms with Crippen LogP contribution < -0.4 is 5.32 Å². The molecular weight excluding hydrogens is 291 g/mol. The van der Waals surface area contributed by atoms with Crippen LogP contribution in [0.3, 0.4) is 0 Å². The van der Waals surface area contributed by atoms with E-state index >= 15 is 0 Å². The molecule has 1 heterocycles. The van der Waals surface area contributed by atoms with Gasteiger partial charge in [-0.2, -0.15) is 0 Å². The van der Waals surface area contributed by atoms with E-state index in [1.807, 2.05) is 0 Å². The molecule has 7 heteroatoms. The number of nitrogens with zero attached hydrogens (tertiary/aromatic N) is 1. The molecule has 0 aliphatic heterocycles. The van der Waals surface area contributed by atoms with Gasteiger partial charge in [-0.05, 0) is 12.5 Å². The maximum absolute atomic E-state index is 10.8. The summed E-state index contributed by atoms with van der Waals surface area (Å²) < 4.78 is 10.8. The van der Waals surface area contributed by atoms with Crippen molar-refractivity contribution in [2.45, 2.75) is 6.42 Å². The van der Waals surface area contributed by atoms with Gasteiger partial charge in [-0.15, -0.1) is 0 Å². The van der Waals surface area contributed by atoms with Crippen LogP contribution in [-0.2, 0) is 10.8 Å². The normalized spacial score (nSPS) is 12.5. The Morgan fingerprint density at radius 3 is 2.69 bits per heavy atom. The summed E-state index contributed by atoms with van der Waals surface area (Å²) in [6.45, 7) is 0.643. The van der Waals surface area contributed by atoms with Crippen molar-refractivity contribution in [1.82, 2.24) is 4.98 Å². The van der Waals surface area contributed by atoms with Crippen LogP contribution in [-0.4, -0.2) is 27.7 Å². The van der Waals surface area contributed by atoms with Gasteiger partial charge in [-0.3, -0.25) is 4.21 Å². The summed E-state index contributed by atoms with van der Waals surface area (Å²) in [6.07, 6.45) is 2.45. The molecule has 0 aromatic carbocycles. The minimum absolute atomic E-state index is 0.215. The van der Waals surface area contributed by atoms with Gasteiger partial charge in [0.1, 0.15) is 11.0 Å². The predicted molar refractivity (Wildman–Crippen MR) is 71.3 cm³/mol. The van der Waals surface area contributed by atoms with E-state index in [0.29, 0.717) is 28.2 Å². The zero-order valence-corrected chi connectivity index (χ0v) is 11.7. The lowest BCUT2D eigenvalue weighted by Gasteiger charge is -2.07. The van der Waals surface area contributed by atoms with Gasteiger partial charge in [0, 0.05) is 29.4 Å². The van der Waals surface area contributed by atoms with Crippen LogP contribution >= 0.6 is 34.8 Å². The number of nitrogens with one attached hydrogen (secondary N) is 1. The largest absolute Gasteiger partial charge is 0.369 e. The molecule has 1 atom stereocenters. The Kier molecular flexibility index (Phi) is 5.83. The third-order valence-corrected chi connectivity index (χ3v) is 3.61. The highest BCUT2D eigenvalue weighted by molar-refractivity contribution is 7.84. The topological polar surface area (TPSA) is 42.0 Å². The first-order chi connectivity index (χ1) is 7.50. The molecule has 1 aromatic rings. The third-order valence-electron chi connectivity index (χ3n) is 1.79.